The largest absolute Gasteiger partial charge is 0.385 e. The Hall–Kier alpha value is -2.36. The third kappa shape index (κ3) is 3.81. The number of carbonyl (C=O) groups is 1. The summed E-state index contributed by atoms with van der Waals surface area (Å²) in [5.74, 6) is -0.332. The normalized spacial score (nSPS) is 10.2. The molecule has 0 bridgehead atoms. The molecular formula is C17H19FN2O. The van der Waals surface area contributed by atoms with E-state index in [0.717, 1.165) is 17.8 Å². The first-order valence-corrected chi connectivity index (χ1v) is 6.94. The first-order chi connectivity index (χ1) is 10.1. The minimum Gasteiger partial charge on any atom is -0.385 e. The molecule has 0 aliphatic carbocycles. The molecule has 1 amide bonds. The van der Waals surface area contributed by atoms with Crippen LogP contribution in [0.2, 0.25) is 0 Å². The van der Waals surface area contributed by atoms with Crippen LogP contribution in [-0.2, 0) is 6.54 Å². The maximum atomic E-state index is 12.9. The van der Waals surface area contributed by atoms with E-state index in [1.807, 2.05) is 31.2 Å². The molecule has 0 aliphatic rings. The first kappa shape index (κ1) is 15.0. The molecule has 1 N–H and O–H groups in total. The second-order valence-corrected chi connectivity index (χ2v) is 4.86. The number of nitrogens with zero attached hydrogens (tertiary/aromatic N) is 1. The summed E-state index contributed by atoms with van der Waals surface area (Å²) in [7, 11) is 1.74. The first-order valence-electron chi connectivity index (χ1n) is 6.94. The number of halogens is 1. The Kier molecular flexibility index (Phi) is 4.93. The SMILES string of the molecule is CCNc1ccccc1C(=O)N(C)Cc1ccc(F)cc1. The molecule has 21 heavy (non-hydrogen) atoms. The molecule has 0 saturated carbocycles. The molecule has 0 atom stereocenters. The van der Waals surface area contributed by atoms with E-state index in [4.69, 9.17) is 0 Å². The van der Waals surface area contributed by atoms with E-state index in [1.165, 1.54) is 12.1 Å². The van der Waals surface area contributed by atoms with Gasteiger partial charge in [-0.15, -0.1) is 0 Å². The maximum Gasteiger partial charge on any atom is 0.255 e. The van der Waals surface area contributed by atoms with E-state index >= 15 is 0 Å². The fourth-order valence-electron chi connectivity index (χ4n) is 2.16. The smallest absolute Gasteiger partial charge is 0.255 e. The minimum absolute atomic E-state index is 0.0594. The van der Waals surface area contributed by atoms with Gasteiger partial charge in [0.15, 0.2) is 0 Å². The van der Waals surface area contributed by atoms with Crippen molar-refractivity contribution < 1.29 is 9.18 Å². The molecule has 2 aromatic rings. The number of hydrogen-bond donors (Lipinski definition) is 1. The Morgan fingerprint density at radius 1 is 1.14 bits per heavy atom. The summed E-state index contributed by atoms with van der Waals surface area (Å²) in [5.41, 5.74) is 2.37. The van der Waals surface area contributed by atoms with Gasteiger partial charge >= 0.3 is 0 Å². The second kappa shape index (κ2) is 6.88. The van der Waals surface area contributed by atoms with Gasteiger partial charge in [-0.1, -0.05) is 24.3 Å². The zero-order valence-corrected chi connectivity index (χ0v) is 12.3. The lowest BCUT2D eigenvalue weighted by Crippen LogP contribution is -2.27. The van der Waals surface area contributed by atoms with Gasteiger partial charge < -0.3 is 10.2 Å². The van der Waals surface area contributed by atoms with Gasteiger partial charge in [-0.2, -0.15) is 0 Å². The third-order valence-corrected chi connectivity index (χ3v) is 3.20. The summed E-state index contributed by atoms with van der Waals surface area (Å²) in [6.45, 7) is 3.19. The van der Waals surface area contributed by atoms with Crippen molar-refractivity contribution in [2.24, 2.45) is 0 Å². The molecule has 4 heteroatoms. The Bertz CT molecular complexity index is 610. The molecule has 110 valence electrons. The van der Waals surface area contributed by atoms with Gasteiger partial charge in [-0.05, 0) is 36.8 Å². The van der Waals surface area contributed by atoms with E-state index in [-0.39, 0.29) is 11.7 Å². The van der Waals surface area contributed by atoms with Crippen LogP contribution in [0.25, 0.3) is 0 Å². The molecule has 0 saturated heterocycles. The summed E-state index contributed by atoms with van der Waals surface area (Å²) in [6.07, 6.45) is 0. The van der Waals surface area contributed by atoms with Gasteiger partial charge in [-0.25, -0.2) is 4.39 Å². The highest BCUT2D eigenvalue weighted by molar-refractivity contribution is 5.99. The monoisotopic (exact) mass is 286 g/mol. The van der Waals surface area contributed by atoms with Crippen LogP contribution in [0.5, 0.6) is 0 Å². The number of anilines is 1. The van der Waals surface area contributed by atoms with Crippen molar-refractivity contribution in [3.63, 3.8) is 0 Å². The van der Waals surface area contributed by atoms with Crippen LogP contribution in [0.4, 0.5) is 10.1 Å². The summed E-state index contributed by atoms with van der Waals surface area (Å²) in [6, 6.07) is 13.6. The van der Waals surface area contributed by atoms with Gasteiger partial charge in [0.05, 0.1) is 5.56 Å². The molecular weight excluding hydrogens is 267 g/mol. The van der Waals surface area contributed by atoms with E-state index in [0.29, 0.717) is 12.1 Å². The molecule has 0 unspecified atom stereocenters. The lowest BCUT2D eigenvalue weighted by atomic mass is 10.1. The topological polar surface area (TPSA) is 32.3 Å². The molecule has 0 heterocycles. The molecule has 0 fully saturated rings. The third-order valence-electron chi connectivity index (χ3n) is 3.20. The predicted octanol–water partition coefficient (Wildman–Crippen LogP) is 3.53. The van der Waals surface area contributed by atoms with Crippen molar-refractivity contribution >= 4 is 11.6 Å². The minimum atomic E-state index is -0.273. The number of rotatable bonds is 5. The zero-order valence-electron chi connectivity index (χ0n) is 12.3. The summed E-state index contributed by atoms with van der Waals surface area (Å²) >= 11 is 0. The van der Waals surface area contributed by atoms with Gasteiger partial charge in [-0.3, -0.25) is 4.79 Å². The maximum absolute atomic E-state index is 12.9. The number of hydrogen-bond acceptors (Lipinski definition) is 2. The quantitative estimate of drug-likeness (QED) is 0.912. The number of carbonyl (C=O) groups excluding carboxylic acids is 1. The lowest BCUT2D eigenvalue weighted by Gasteiger charge is -2.19. The fraction of sp³-hybridized carbons (Fsp3) is 0.235. The molecule has 2 aromatic carbocycles. The van der Waals surface area contributed by atoms with Crippen LogP contribution in [0.15, 0.2) is 48.5 Å². The fourth-order valence-corrected chi connectivity index (χ4v) is 2.16. The molecule has 2 rings (SSSR count). The number of para-hydroxylation sites is 1. The summed E-state index contributed by atoms with van der Waals surface area (Å²) in [5, 5.41) is 3.19. The summed E-state index contributed by atoms with van der Waals surface area (Å²) in [4.78, 5) is 14.2. The van der Waals surface area contributed by atoms with Crippen molar-refractivity contribution in [3.05, 3.63) is 65.5 Å². The highest BCUT2D eigenvalue weighted by Crippen LogP contribution is 2.17. The van der Waals surface area contributed by atoms with Gasteiger partial charge in [0.1, 0.15) is 5.82 Å². The number of nitrogens with one attached hydrogen (secondary N) is 1. The van der Waals surface area contributed by atoms with Crippen LogP contribution in [0.3, 0.4) is 0 Å². The molecule has 0 radical (unpaired) electrons. The Balaban J connectivity index is 2.13. The van der Waals surface area contributed by atoms with Crippen molar-refractivity contribution in [2.75, 3.05) is 18.9 Å². The van der Waals surface area contributed by atoms with E-state index in [2.05, 4.69) is 5.32 Å². The zero-order chi connectivity index (χ0) is 15.2. The van der Waals surface area contributed by atoms with Crippen molar-refractivity contribution in [1.82, 2.24) is 4.90 Å². The van der Waals surface area contributed by atoms with Gasteiger partial charge in [0.25, 0.3) is 5.91 Å². The van der Waals surface area contributed by atoms with Crippen LogP contribution < -0.4 is 5.32 Å². The molecule has 0 aromatic heterocycles. The average molecular weight is 286 g/mol. The standard InChI is InChI=1S/C17H19FN2O/c1-3-19-16-7-5-4-6-15(16)17(21)20(2)12-13-8-10-14(18)11-9-13/h4-11,19H,3,12H2,1-2H3. The van der Waals surface area contributed by atoms with E-state index in [1.54, 1.807) is 24.1 Å². The lowest BCUT2D eigenvalue weighted by molar-refractivity contribution is 0.0786. The van der Waals surface area contributed by atoms with Crippen molar-refractivity contribution in [2.45, 2.75) is 13.5 Å². The summed E-state index contributed by atoms with van der Waals surface area (Å²) < 4.78 is 12.9. The van der Waals surface area contributed by atoms with Gasteiger partial charge in [0.2, 0.25) is 0 Å². The van der Waals surface area contributed by atoms with Crippen LogP contribution >= 0.6 is 0 Å². The van der Waals surface area contributed by atoms with Crippen molar-refractivity contribution in [3.8, 4) is 0 Å². The number of amides is 1. The Morgan fingerprint density at radius 2 is 1.81 bits per heavy atom. The van der Waals surface area contributed by atoms with E-state index in [9.17, 15) is 9.18 Å². The number of benzene rings is 2. The molecule has 0 spiro atoms. The van der Waals surface area contributed by atoms with Crippen molar-refractivity contribution in [1.29, 1.82) is 0 Å². The highest BCUT2D eigenvalue weighted by Gasteiger charge is 2.15. The Morgan fingerprint density at radius 3 is 2.48 bits per heavy atom. The predicted molar refractivity (Wildman–Crippen MR) is 82.8 cm³/mol. The van der Waals surface area contributed by atoms with Crippen LogP contribution in [0, 0.1) is 5.82 Å². The second-order valence-electron chi connectivity index (χ2n) is 4.86. The van der Waals surface area contributed by atoms with Crippen LogP contribution in [0.1, 0.15) is 22.8 Å². The van der Waals surface area contributed by atoms with Crippen LogP contribution in [-0.4, -0.2) is 24.4 Å². The van der Waals surface area contributed by atoms with Gasteiger partial charge in [0, 0.05) is 25.8 Å². The highest BCUT2D eigenvalue weighted by atomic mass is 19.1. The molecule has 0 aliphatic heterocycles. The molecule has 3 nitrogen and oxygen atoms in total. The van der Waals surface area contributed by atoms with E-state index < -0.39 is 0 Å². The average Bonchev–Trinajstić information content (AvgIpc) is 2.50. The Labute approximate surface area is 124 Å².